The minimum absolute atomic E-state index is 0.0242. The van der Waals surface area contributed by atoms with Gasteiger partial charge >= 0.3 is 5.97 Å². The number of carbonyl (C=O) groups excluding carboxylic acids is 1. The summed E-state index contributed by atoms with van der Waals surface area (Å²) in [5.74, 6) is 3.78. The van der Waals surface area contributed by atoms with E-state index in [4.69, 9.17) is 15.6 Å². The summed E-state index contributed by atoms with van der Waals surface area (Å²) in [6, 6.07) is -1.16. The first-order valence-electron chi connectivity index (χ1n) is 9.73. The van der Waals surface area contributed by atoms with Gasteiger partial charge in [-0.1, -0.05) is 11.8 Å². The van der Waals surface area contributed by atoms with E-state index in [0.717, 1.165) is 0 Å². The molecule has 2 aromatic heterocycles. The molecule has 0 aliphatic carbocycles. The molecule has 3 heterocycles. The van der Waals surface area contributed by atoms with Crippen LogP contribution < -0.4 is 16.4 Å². The monoisotopic (exact) mass is 481 g/mol. The molecule has 15 heteroatoms. The molecule has 33 heavy (non-hydrogen) atoms. The number of amides is 1. The molecule has 2 aromatic rings. The van der Waals surface area contributed by atoms with Gasteiger partial charge in [0, 0.05) is 0 Å². The van der Waals surface area contributed by atoms with Gasteiger partial charge in [0.05, 0.1) is 38.5 Å². The number of aliphatic hydroxyl groups excluding tert-OH is 3. The molecular formula is C18H23N7O7S. The lowest BCUT2D eigenvalue weighted by molar-refractivity contribution is -0.139. The molecule has 178 valence electrons. The smallest absolute Gasteiger partial charge is 0.305 e. The zero-order chi connectivity index (χ0) is 24.1. The highest BCUT2D eigenvalue weighted by atomic mass is 32.1. The second-order valence-electron chi connectivity index (χ2n) is 7.05. The number of rotatable bonds is 8. The zero-order valence-electron chi connectivity index (χ0n) is 17.1. The van der Waals surface area contributed by atoms with E-state index < -0.39 is 55.5 Å². The number of carboxylic acids is 1. The second kappa shape index (κ2) is 10.7. The molecular weight excluding hydrogens is 458 g/mol. The van der Waals surface area contributed by atoms with E-state index in [2.05, 4.69) is 50.1 Å². The summed E-state index contributed by atoms with van der Waals surface area (Å²) < 4.78 is 6.93. The van der Waals surface area contributed by atoms with Crippen LogP contribution in [-0.2, 0) is 14.3 Å². The van der Waals surface area contributed by atoms with Crippen LogP contribution in [0.3, 0.4) is 0 Å². The standard InChI is InChI=1S/C18H23N7O7S/c19-8(5-10(27)28)15(31)20-3-1-2-4-21-18-23-14-11(16(33)24-18)22-7-25(14)17-13(30)12(29)9(6-26)32-17/h7-9,12-13,17,26,29-30H,3-6,19H2,(H,20,31)(H,27,28)(H2,21,23,24,33)/t8?,9-,12?,13+,17-/m1/s1. The van der Waals surface area contributed by atoms with E-state index in [9.17, 15) is 24.9 Å². The summed E-state index contributed by atoms with van der Waals surface area (Å²) in [5, 5.41) is 43.7. The highest BCUT2D eigenvalue weighted by Gasteiger charge is 2.44. The van der Waals surface area contributed by atoms with Crippen LogP contribution in [0.15, 0.2) is 11.4 Å². The van der Waals surface area contributed by atoms with Crippen molar-refractivity contribution < 1.29 is 34.8 Å². The Kier molecular flexibility index (Phi) is 8.02. The maximum Gasteiger partial charge on any atom is 0.305 e. The first kappa shape index (κ1) is 24.6. The van der Waals surface area contributed by atoms with Crippen LogP contribution in [0.2, 0.25) is 0 Å². The minimum Gasteiger partial charge on any atom is -0.481 e. The number of anilines is 1. The Morgan fingerprint density at radius 1 is 1.27 bits per heavy atom. The maximum atomic E-state index is 11.6. The Labute approximate surface area is 192 Å². The zero-order valence-corrected chi connectivity index (χ0v) is 18.0. The highest BCUT2D eigenvalue weighted by Crippen LogP contribution is 2.32. The first-order chi connectivity index (χ1) is 15.7. The first-order valence-corrected chi connectivity index (χ1v) is 10.2. The molecule has 0 bridgehead atoms. The van der Waals surface area contributed by atoms with Crippen molar-refractivity contribution in [1.82, 2.24) is 24.8 Å². The van der Waals surface area contributed by atoms with Crippen LogP contribution in [0, 0.1) is 11.8 Å². The van der Waals surface area contributed by atoms with Crippen molar-refractivity contribution in [3.8, 4) is 11.8 Å². The highest BCUT2D eigenvalue weighted by molar-refractivity contribution is 7.80. The molecule has 2 unspecified atom stereocenters. The third kappa shape index (κ3) is 5.68. The van der Waals surface area contributed by atoms with Crippen molar-refractivity contribution in [2.75, 3.05) is 25.0 Å². The van der Waals surface area contributed by atoms with Crippen LogP contribution in [0.1, 0.15) is 12.6 Å². The number of aliphatic hydroxyl groups is 3. The van der Waals surface area contributed by atoms with Crippen molar-refractivity contribution in [1.29, 1.82) is 0 Å². The van der Waals surface area contributed by atoms with Gasteiger partial charge in [-0.25, -0.2) is 9.97 Å². The maximum absolute atomic E-state index is 11.6. The molecule has 1 aliphatic rings. The Morgan fingerprint density at radius 3 is 2.67 bits per heavy atom. The number of nitrogens with one attached hydrogen (secondary N) is 2. The number of aliphatic carboxylic acids is 1. The van der Waals surface area contributed by atoms with Gasteiger partial charge < -0.3 is 41.5 Å². The van der Waals surface area contributed by atoms with Crippen molar-refractivity contribution in [3.05, 3.63) is 6.33 Å². The van der Waals surface area contributed by atoms with Crippen molar-refractivity contribution in [2.24, 2.45) is 5.73 Å². The third-order valence-electron chi connectivity index (χ3n) is 4.74. The van der Waals surface area contributed by atoms with Gasteiger partial charge in [-0.3, -0.25) is 14.2 Å². The number of hydrogen-bond donors (Lipinski definition) is 8. The molecule has 14 nitrogen and oxygen atoms in total. The van der Waals surface area contributed by atoms with Crippen molar-refractivity contribution in [2.45, 2.75) is 42.0 Å². The number of thiol groups is 1. The minimum atomic E-state index is -1.31. The number of fused-ring (bicyclic) bond motifs is 1. The lowest BCUT2D eigenvalue weighted by Crippen LogP contribution is -2.42. The molecule has 8 N–H and O–H groups in total. The van der Waals surface area contributed by atoms with Gasteiger partial charge in [0.1, 0.15) is 28.9 Å². The predicted molar refractivity (Wildman–Crippen MR) is 115 cm³/mol. The average Bonchev–Trinajstić information content (AvgIpc) is 3.31. The summed E-state index contributed by atoms with van der Waals surface area (Å²) >= 11 is 4.30. The van der Waals surface area contributed by atoms with Crippen LogP contribution in [0.5, 0.6) is 0 Å². The fraction of sp³-hybridized carbons (Fsp3) is 0.500. The number of carboxylic acid groups (broad SMARTS) is 1. The largest absolute Gasteiger partial charge is 0.481 e. The van der Waals surface area contributed by atoms with E-state index in [1.54, 1.807) is 0 Å². The van der Waals surface area contributed by atoms with E-state index in [1.165, 1.54) is 10.9 Å². The van der Waals surface area contributed by atoms with Gasteiger partial charge in [-0.2, -0.15) is 4.98 Å². The number of hydrogen-bond acceptors (Lipinski definition) is 12. The van der Waals surface area contributed by atoms with Gasteiger partial charge in [0.2, 0.25) is 11.9 Å². The lowest BCUT2D eigenvalue weighted by Gasteiger charge is -2.16. The van der Waals surface area contributed by atoms with Gasteiger partial charge in [-0.05, 0) is 0 Å². The topological polar surface area (TPSA) is 218 Å². The number of nitrogens with two attached hydrogens (primary N) is 1. The quantitative estimate of drug-likeness (QED) is 0.108. The summed E-state index contributed by atoms with van der Waals surface area (Å²) in [4.78, 5) is 34.8. The Balaban J connectivity index is 1.63. The predicted octanol–water partition coefficient (Wildman–Crippen LogP) is -2.94. The van der Waals surface area contributed by atoms with Crippen LogP contribution in [0.25, 0.3) is 11.2 Å². The summed E-state index contributed by atoms with van der Waals surface area (Å²) in [6.45, 7) is -0.382. The molecule has 5 atom stereocenters. The molecule has 1 amide bonds. The summed E-state index contributed by atoms with van der Waals surface area (Å²) in [7, 11) is 0. The molecule has 0 saturated carbocycles. The number of nitrogens with zero attached hydrogens (tertiary/aromatic N) is 4. The molecule has 1 saturated heterocycles. The van der Waals surface area contributed by atoms with E-state index in [-0.39, 0.29) is 29.7 Å². The van der Waals surface area contributed by atoms with Crippen LogP contribution >= 0.6 is 12.6 Å². The molecule has 0 aromatic carbocycles. The number of imidazole rings is 1. The molecule has 0 radical (unpaired) electrons. The van der Waals surface area contributed by atoms with Gasteiger partial charge in [0.15, 0.2) is 11.9 Å². The normalized spacial score (nSPS) is 23.1. The van der Waals surface area contributed by atoms with Crippen LogP contribution in [0.4, 0.5) is 5.95 Å². The SMILES string of the molecule is NC(CC(=O)O)C(=O)NCC#CCNc1nc(S)c2ncn([C@@H]3O[C@H](CO)C(O)[C@@H]3O)c2n1. The van der Waals surface area contributed by atoms with Gasteiger partial charge in [-0.15, -0.1) is 12.6 Å². The van der Waals surface area contributed by atoms with Gasteiger partial charge in [0.25, 0.3) is 0 Å². The molecule has 1 fully saturated rings. The van der Waals surface area contributed by atoms with E-state index >= 15 is 0 Å². The average molecular weight is 481 g/mol. The number of ether oxygens (including phenoxy) is 1. The van der Waals surface area contributed by atoms with Crippen molar-refractivity contribution in [3.63, 3.8) is 0 Å². The number of carbonyl (C=O) groups is 2. The third-order valence-corrected chi connectivity index (χ3v) is 5.05. The summed E-state index contributed by atoms with van der Waals surface area (Å²) in [5.41, 5.74) is 6.06. The number of aromatic nitrogens is 4. The molecule has 0 spiro atoms. The molecule has 3 rings (SSSR count). The Morgan fingerprint density at radius 2 is 2.00 bits per heavy atom. The Bertz CT molecular complexity index is 1090. The summed E-state index contributed by atoms with van der Waals surface area (Å²) in [6.07, 6.45) is -3.67. The van der Waals surface area contributed by atoms with Crippen molar-refractivity contribution >= 4 is 41.6 Å². The van der Waals surface area contributed by atoms with E-state index in [1.807, 2.05) is 0 Å². The Hall–Kier alpha value is -3.00. The molecule has 1 aliphatic heterocycles. The van der Waals surface area contributed by atoms with Crippen LogP contribution in [-0.4, -0.2) is 95.9 Å². The fourth-order valence-corrected chi connectivity index (χ4v) is 3.32. The fourth-order valence-electron chi connectivity index (χ4n) is 3.07. The lowest BCUT2D eigenvalue weighted by atomic mass is 10.1. The second-order valence-corrected chi connectivity index (χ2v) is 7.48. The van der Waals surface area contributed by atoms with E-state index in [0.29, 0.717) is 5.52 Å².